The van der Waals surface area contributed by atoms with E-state index in [2.05, 4.69) is 5.32 Å². The van der Waals surface area contributed by atoms with Crippen molar-refractivity contribution >= 4 is 17.4 Å². The third kappa shape index (κ3) is 4.97. The zero-order valence-corrected chi connectivity index (χ0v) is 18.1. The van der Waals surface area contributed by atoms with Gasteiger partial charge < -0.3 is 24.3 Å². The molecule has 0 fully saturated rings. The first kappa shape index (κ1) is 22.3. The highest BCUT2D eigenvalue weighted by Gasteiger charge is 2.19. The molecule has 1 amide bonds. The number of benzene rings is 3. The highest BCUT2D eigenvalue weighted by Crippen LogP contribution is 2.26. The normalized spacial score (nSPS) is 10.4. The number of anilines is 1. The van der Waals surface area contributed by atoms with Crippen LogP contribution in [0.25, 0.3) is 0 Å². The number of phenols is 1. The van der Waals surface area contributed by atoms with Crippen molar-refractivity contribution in [3.63, 3.8) is 0 Å². The van der Waals surface area contributed by atoms with Gasteiger partial charge in [0, 0.05) is 5.69 Å². The van der Waals surface area contributed by atoms with Crippen molar-refractivity contribution in [2.45, 2.75) is 0 Å². The van der Waals surface area contributed by atoms with Crippen molar-refractivity contribution in [2.75, 3.05) is 12.4 Å². The number of hydrogen-bond donors (Lipinski definition) is 3. The van der Waals surface area contributed by atoms with E-state index >= 15 is 0 Å². The lowest BCUT2D eigenvalue weighted by Gasteiger charge is -2.09. The van der Waals surface area contributed by atoms with Gasteiger partial charge in [0.1, 0.15) is 34.8 Å². The van der Waals surface area contributed by atoms with Crippen molar-refractivity contribution < 1.29 is 28.6 Å². The van der Waals surface area contributed by atoms with Crippen molar-refractivity contribution in [2.24, 2.45) is 0 Å². The van der Waals surface area contributed by atoms with E-state index in [-0.39, 0.29) is 22.4 Å². The fraction of sp³-hybridized carbons (Fsp3) is 0.0385. The summed E-state index contributed by atoms with van der Waals surface area (Å²) in [6, 6.07) is 21.4. The van der Waals surface area contributed by atoms with Crippen molar-refractivity contribution in [1.29, 1.82) is 5.41 Å². The minimum atomic E-state index is -0.630. The summed E-state index contributed by atoms with van der Waals surface area (Å²) in [5.41, 5.74) is -0.110. The Hall–Kier alpha value is -4.85. The van der Waals surface area contributed by atoms with E-state index in [0.29, 0.717) is 22.9 Å². The molecule has 0 saturated carbocycles. The third-order valence-corrected chi connectivity index (χ3v) is 4.89. The minimum absolute atomic E-state index is 0.00341. The Morgan fingerprint density at radius 3 is 2.26 bits per heavy atom. The lowest BCUT2D eigenvalue weighted by Crippen LogP contribution is -2.22. The van der Waals surface area contributed by atoms with Crippen LogP contribution < -0.4 is 20.3 Å². The fourth-order valence-corrected chi connectivity index (χ4v) is 3.14. The Morgan fingerprint density at radius 2 is 1.56 bits per heavy atom. The highest BCUT2D eigenvalue weighted by molar-refractivity contribution is 6.12. The van der Waals surface area contributed by atoms with Gasteiger partial charge >= 0.3 is 0 Å². The molecule has 0 radical (unpaired) electrons. The van der Waals surface area contributed by atoms with Crippen LogP contribution in [0, 0.1) is 5.41 Å². The maximum absolute atomic E-state index is 12.9. The van der Waals surface area contributed by atoms with Gasteiger partial charge in [-0.2, -0.15) is 0 Å². The summed E-state index contributed by atoms with van der Waals surface area (Å²) in [4.78, 5) is 25.7. The molecule has 3 aromatic carbocycles. The maximum atomic E-state index is 12.9. The van der Waals surface area contributed by atoms with Crippen LogP contribution in [0.5, 0.6) is 23.0 Å². The second kappa shape index (κ2) is 9.74. The first-order valence-corrected chi connectivity index (χ1v) is 10.2. The fourth-order valence-electron chi connectivity index (χ4n) is 3.14. The SMILES string of the molecule is COc1ccc(O)c(C(=O)c2coc(=N)c(C(=O)Nc3ccc(Oc4ccccc4)cc3)c2)c1. The average molecular weight is 456 g/mol. The molecule has 0 aliphatic rings. The molecule has 0 aliphatic carbocycles. The van der Waals surface area contributed by atoms with Gasteiger partial charge in [-0.1, -0.05) is 18.2 Å². The summed E-state index contributed by atoms with van der Waals surface area (Å²) in [6.45, 7) is 0. The molecule has 0 saturated heterocycles. The van der Waals surface area contributed by atoms with E-state index in [4.69, 9.17) is 19.3 Å². The summed E-state index contributed by atoms with van der Waals surface area (Å²) >= 11 is 0. The third-order valence-electron chi connectivity index (χ3n) is 4.89. The Morgan fingerprint density at radius 1 is 0.882 bits per heavy atom. The van der Waals surface area contributed by atoms with Crippen LogP contribution in [-0.2, 0) is 0 Å². The molecule has 170 valence electrons. The van der Waals surface area contributed by atoms with Crippen LogP contribution in [0.1, 0.15) is 26.3 Å². The smallest absolute Gasteiger partial charge is 0.261 e. The Kier molecular flexibility index (Phi) is 6.40. The lowest BCUT2D eigenvalue weighted by atomic mass is 10.0. The van der Waals surface area contributed by atoms with Crippen LogP contribution in [0.2, 0.25) is 0 Å². The van der Waals surface area contributed by atoms with Gasteiger partial charge in [-0.15, -0.1) is 0 Å². The van der Waals surface area contributed by atoms with E-state index in [9.17, 15) is 14.7 Å². The van der Waals surface area contributed by atoms with Crippen LogP contribution in [0.15, 0.2) is 89.5 Å². The number of hydrogen-bond acceptors (Lipinski definition) is 7. The number of carbonyl (C=O) groups is 2. The van der Waals surface area contributed by atoms with Crippen LogP contribution in [0.3, 0.4) is 0 Å². The summed E-state index contributed by atoms with van der Waals surface area (Å²) in [7, 11) is 1.44. The van der Waals surface area contributed by atoms with Crippen LogP contribution in [-0.4, -0.2) is 23.9 Å². The predicted molar refractivity (Wildman–Crippen MR) is 124 cm³/mol. The first-order chi connectivity index (χ1) is 16.4. The van der Waals surface area contributed by atoms with E-state index in [1.807, 2.05) is 30.3 Å². The van der Waals surface area contributed by atoms with E-state index in [1.165, 1.54) is 31.4 Å². The number of nitrogens with one attached hydrogen (secondary N) is 2. The molecule has 8 nitrogen and oxygen atoms in total. The second-order valence-corrected chi connectivity index (χ2v) is 7.18. The number of amides is 1. The number of ketones is 1. The van der Waals surface area contributed by atoms with Gasteiger partial charge in [-0.05, 0) is 60.7 Å². The molecule has 8 heteroatoms. The molecule has 1 heterocycles. The van der Waals surface area contributed by atoms with Crippen molar-refractivity contribution in [1.82, 2.24) is 0 Å². The number of methoxy groups -OCH3 is 1. The zero-order chi connectivity index (χ0) is 24.1. The van der Waals surface area contributed by atoms with Crippen molar-refractivity contribution in [3.8, 4) is 23.0 Å². The quantitative estimate of drug-likeness (QED) is 0.345. The number of phenolic OH excluding ortho intramolecular Hbond substituents is 1. The number of aromatic hydroxyl groups is 1. The lowest BCUT2D eigenvalue weighted by molar-refractivity contribution is 0.102. The molecular formula is C26H20N2O6. The first-order valence-electron chi connectivity index (χ1n) is 10.2. The summed E-state index contributed by atoms with van der Waals surface area (Å²) < 4.78 is 15.9. The molecule has 3 N–H and O–H groups in total. The van der Waals surface area contributed by atoms with Gasteiger partial charge in [-0.25, -0.2) is 0 Å². The van der Waals surface area contributed by atoms with Gasteiger partial charge in [0.15, 0.2) is 5.78 Å². The van der Waals surface area contributed by atoms with Gasteiger partial charge in [0.2, 0.25) is 5.55 Å². The summed E-state index contributed by atoms with van der Waals surface area (Å²) in [6.07, 6.45) is 1.07. The molecule has 0 atom stereocenters. The Bertz CT molecular complexity index is 1400. The topological polar surface area (TPSA) is 122 Å². The number of para-hydroxylation sites is 1. The molecule has 1 aromatic heterocycles. The monoisotopic (exact) mass is 456 g/mol. The summed E-state index contributed by atoms with van der Waals surface area (Å²) in [5.74, 6) is 0.193. The molecular weight excluding hydrogens is 436 g/mol. The summed E-state index contributed by atoms with van der Waals surface area (Å²) in [5, 5.41) is 20.7. The molecule has 0 aliphatic heterocycles. The molecule has 0 unspecified atom stereocenters. The average Bonchev–Trinajstić information content (AvgIpc) is 2.86. The van der Waals surface area contributed by atoms with Crippen molar-refractivity contribution in [3.05, 3.63) is 107 Å². The largest absolute Gasteiger partial charge is 0.507 e. The number of carbonyl (C=O) groups excluding carboxylic acids is 2. The van der Waals surface area contributed by atoms with Gasteiger partial charge in [0.25, 0.3) is 5.91 Å². The molecule has 0 bridgehead atoms. The second-order valence-electron chi connectivity index (χ2n) is 7.18. The Labute approximate surface area is 194 Å². The molecule has 4 aromatic rings. The van der Waals surface area contributed by atoms with E-state index < -0.39 is 17.2 Å². The Balaban J connectivity index is 1.52. The van der Waals surface area contributed by atoms with Gasteiger partial charge in [-0.3, -0.25) is 15.0 Å². The van der Waals surface area contributed by atoms with Gasteiger partial charge in [0.05, 0.1) is 18.2 Å². The standard InChI is InChI=1S/C26H20N2O6/c1-32-20-11-12-23(29)21(14-20)24(30)16-13-22(25(27)33-15-16)26(31)28-17-7-9-19(10-8-17)34-18-5-3-2-4-6-18/h2-15,27,29H,1H3,(H,28,31). The van der Waals surface area contributed by atoms with Crippen LogP contribution >= 0.6 is 0 Å². The highest BCUT2D eigenvalue weighted by atomic mass is 16.5. The van der Waals surface area contributed by atoms with Crippen LogP contribution in [0.4, 0.5) is 5.69 Å². The zero-order valence-electron chi connectivity index (χ0n) is 18.1. The maximum Gasteiger partial charge on any atom is 0.261 e. The molecule has 34 heavy (non-hydrogen) atoms. The number of ether oxygens (including phenoxy) is 2. The predicted octanol–water partition coefficient (Wildman–Crippen LogP) is 4.75. The van der Waals surface area contributed by atoms with E-state index in [0.717, 1.165) is 6.26 Å². The number of rotatable bonds is 7. The molecule has 4 rings (SSSR count). The molecule has 0 spiro atoms. The van der Waals surface area contributed by atoms with E-state index in [1.54, 1.807) is 24.3 Å². The minimum Gasteiger partial charge on any atom is -0.507 e.